The maximum Gasteiger partial charge on any atom is 0.335 e. The van der Waals surface area contributed by atoms with Crippen molar-refractivity contribution >= 4 is 18.0 Å². The summed E-state index contributed by atoms with van der Waals surface area (Å²) >= 11 is 0. The number of aromatic nitrogens is 2. The lowest BCUT2D eigenvalue weighted by Gasteiger charge is -2.03. The van der Waals surface area contributed by atoms with Crippen LogP contribution in [0.3, 0.4) is 0 Å². The maximum absolute atomic E-state index is 11.9. The van der Waals surface area contributed by atoms with Crippen LogP contribution in [0.15, 0.2) is 30.3 Å². The molecule has 0 aliphatic rings. The number of hydrogen-bond acceptors (Lipinski definition) is 3. The molecule has 2 N–H and O–H groups in total. The average molecular weight is 327 g/mol. The van der Waals surface area contributed by atoms with Crippen LogP contribution in [-0.2, 0) is 18.3 Å². The zero-order valence-corrected chi connectivity index (χ0v) is 14.0. The summed E-state index contributed by atoms with van der Waals surface area (Å²) in [5.41, 5.74) is 4.08. The van der Waals surface area contributed by atoms with E-state index in [-0.39, 0.29) is 11.5 Å². The van der Waals surface area contributed by atoms with Crippen molar-refractivity contribution in [3.05, 3.63) is 58.4 Å². The highest BCUT2D eigenvalue weighted by atomic mass is 16.4. The molecule has 0 saturated heterocycles. The Morgan fingerprint density at radius 3 is 2.46 bits per heavy atom. The molecule has 0 aliphatic carbocycles. The first-order valence-corrected chi connectivity index (χ1v) is 7.67. The van der Waals surface area contributed by atoms with Gasteiger partial charge in [0.25, 0.3) is 0 Å². The molecule has 0 aliphatic heterocycles. The molecule has 0 fully saturated rings. The van der Waals surface area contributed by atoms with E-state index >= 15 is 0 Å². The van der Waals surface area contributed by atoms with Crippen molar-refractivity contribution in [3.63, 3.8) is 0 Å². The third-order valence-electron chi connectivity index (χ3n) is 3.88. The molecular weight excluding hydrogens is 306 g/mol. The zero-order chi connectivity index (χ0) is 17.7. The molecule has 2 aromatic rings. The largest absolute Gasteiger partial charge is 0.478 e. The highest BCUT2D eigenvalue weighted by molar-refractivity contribution is 5.92. The van der Waals surface area contributed by atoms with Gasteiger partial charge in [0.15, 0.2) is 0 Å². The first-order valence-electron chi connectivity index (χ1n) is 7.67. The van der Waals surface area contributed by atoms with E-state index in [1.54, 1.807) is 35.0 Å². The summed E-state index contributed by atoms with van der Waals surface area (Å²) in [4.78, 5) is 22.7. The monoisotopic (exact) mass is 327 g/mol. The van der Waals surface area contributed by atoms with Crippen LogP contribution < -0.4 is 5.32 Å². The predicted molar refractivity (Wildman–Crippen MR) is 91.8 cm³/mol. The lowest BCUT2D eigenvalue weighted by Crippen LogP contribution is -2.23. The first kappa shape index (κ1) is 17.5. The molecule has 2 rings (SSSR count). The molecule has 1 amide bonds. The second kappa shape index (κ2) is 7.59. The van der Waals surface area contributed by atoms with Crippen LogP contribution in [0.25, 0.3) is 6.08 Å². The Kier molecular flexibility index (Phi) is 5.52. The van der Waals surface area contributed by atoms with E-state index < -0.39 is 5.97 Å². The molecule has 0 unspecified atom stereocenters. The summed E-state index contributed by atoms with van der Waals surface area (Å²) in [6.45, 7) is 4.35. The van der Waals surface area contributed by atoms with Gasteiger partial charge in [-0.25, -0.2) is 4.79 Å². The van der Waals surface area contributed by atoms with Gasteiger partial charge < -0.3 is 10.4 Å². The quantitative estimate of drug-likeness (QED) is 0.796. The van der Waals surface area contributed by atoms with E-state index in [2.05, 4.69) is 10.4 Å². The standard InChI is InChI=1S/C18H21N3O3/c1-12-16(13(2)21(3)20-12)8-9-17(22)19-11-10-14-4-6-15(7-5-14)18(23)24/h4-9H,10-11H2,1-3H3,(H,19,22)(H,23,24)/b9-8+. The Labute approximate surface area is 140 Å². The molecular formula is C18H21N3O3. The van der Waals surface area contributed by atoms with Crippen LogP contribution in [-0.4, -0.2) is 33.3 Å². The minimum atomic E-state index is -0.944. The summed E-state index contributed by atoms with van der Waals surface area (Å²) in [5, 5.41) is 16.0. The van der Waals surface area contributed by atoms with E-state index in [0.29, 0.717) is 13.0 Å². The van der Waals surface area contributed by atoms with Crippen molar-refractivity contribution in [1.82, 2.24) is 15.1 Å². The summed E-state index contributed by atoms with van der Waals surface area (Å²) in [7, 11) is 1.87. The molecule has 24 heavy (non-hydrogen) atoms. The van der Waals surface area contributed by atoms with Gasteiger partial charge in [-0.05, 0) is 44.0 Å². The van der Waals surface area contributed by atoms with E-state index in [4.69, 9.17) is 5.11 Å². The average Bonchev–Trinajstić information content (AvgIpc) is 2.78. The third-order valence-corrected chi connectivity index (χ3v) is 3.88. The second-order valence-electron chi connectivity index (χ2n) is 5.58. The van der Waals surface area contributed by atoms with Crippen LogP contribution >= 0.6 is 0 Å². The lowest BCUT2D eigenvalue weighted by atomic mass is 10.1. The number of hydrogen-bond donors (Lipinski definition) is 2. The fourth-order valence-electron chi connectivity index (χ4n) is 2.39. The van der Waals surface area contributed by atoms with Gasteiger partial charge in [0, 0.05) is 30.9 Å². The van der Waals surface area contributed by atoms with Crippen molar-refractivity contribution < 1.29 is 14.7 Å². The summed E-state index contributed by atoms with van der Waals surface area (Å²) in [5.74, 6) is -1.11. The van der Waals surface area contributed by atoms with Gasteiger partial charge in [0.1, 0.15) is 0 Å². The van der Waals surface area contributed by atoms with Crippen LogP contribution in [0.5, 0.6) is 0 Å². The van der Waals surface area contributed by atoms with Crippen LogP contribution in [0, 0.1) is 13.8 Å². The zero-order valence-electron chi connectivity index (χ0n) is 14.0. The van der Waals surface area contributed by atoms with Crippen LogP contribution in [0.2, 0.25) is 0 Å². The van der Waals surface area contributed by atoms with Crippen LogP contribution in [0.1, 0.15) is 32.9 Å². The molecule has 1 aromatic heterocycles. The minimum Gasteiger partial charge on any atom is -0.478 e. The number of carboxylic acids is 1. The number of aromatic carboxylic acids is 1. The van der Waals surface area contributed by atoms with Gasteiger partial charge in [-0.1, -0.05) is 12.1 Å². The number of carboxylic acid groups (broad SMARTS) is 1. The van der Waals surface area contributed by atoms with Crippen molar-refractivity contribution in [2.75, 3.05) is 6.54 Å². The first-order chi connectivity index (χ1) is 11.4. The summed E-state index contributed by atoms with van der Waals surface area (Å²) < 4.78 is 1.79. The van der Waals surface area contributed by atoms with Gasteiger partial charge in [-0.15, -0.1) is 0 Å². The minimum absolute atomic E-state index is 0.167. The fourth-order valence-corrected chi connectivity index (χ4v) is 2.39. The Bertz CT molecular complexity index is 774. The van der Waals surface area contributed by atoms with Crippen molar-refractivity contribution in [2.24, 2.45) is 7.05 Å². The Balaban J connectivity index is 1.85. The molecule has 0 saturated carbocycles. The molecule has 1 heterocycles. The molecule has 6 nitrogen and oxygen atoms in total. The summed E-state index contributed by atoms with van der Waals surface area (Å²) in [6.07, 6.45) is 3.92. The van der Waals surface area contributed by atoms with E-state index in [9.17, 15) is 9.59 Å². The number of amides is 1. The molecule has 0 spiro atoms. The number of nitrogens with one attached hydrogen (secondary N) is 1. The van der Waals surface area contributed by atoms with E-state index in [0.717, 1.165) is 22.5 Å². The molecule has 6 heteroatoms. The maximum atomic E-state index is 11.9. The molecule has 1 aromatic carbocycles. The Morgan fingerprint density at radius 2 is 1.92 bits per heavy atom. The smallest absolute Gasteiger partial charge is 0.335 e. The summed E-state index contributed by atoms with van der Waals surface area (Å²) in [6, 6.07) is 6.64. The number of rotatable bonds is 6. The number of carbonyl (C=O) groups is 2. The van der Waals surface area contributed by atoms with Gasteiger partial charge in [-0.3, -0.25) is 9.48 Å². The number of nitrogens with zero attached hydrogens (tertiary/aromatic N) is 2. The van der Waals surface area contributed by atoms with Gasteiger partial charge in [0.05, 0.1) is 11.3 Å². The molecule has 126 valence electrons. The lowest BCUT2D eigenvalue weighted by molar-refractivity contribution is -0.116. The SMILES string of the molecule is Cc1nn(C)c(C)c1/C=C/C(=O)NCCc1ccc(C(=O)O)cc1. The normalized spacial score (nSPS) is 11.0. The van der Waals surface area contributed by atoms with E-state index in [1.807, 2.05) is 20.9 Å². The number of benzene rings is 1. The Hall–Kier alpha value is -2.89. The van der Waals surface area contributed by atoms with E-state index in [1.165, 1.54) is 6.08 Å². The number of carbonyl (C=O) groups excluding carboxylic acids is 1. The third kappa shape index (κ3) is 4.32. The fraction of sp³-hybridized carbons (Fsp3) is 0.278. The van der Waals surface area contributed by atoms with Gasteiger partial charge in [0.2, 0.25) is 5.91 Å². The molecule has 0 atom stereocenters. The van der Waals surface area contributed by atoms with Crippen molar-refractivity contribution in [3.8, 4) is 0 Å². The highest BCUT2D eigenvalue weighted by Gasteiger charge is 2.06. The van der Waals surface area contributed by atoms with Crippen molar-refractivity contribution in [2.45, 2.75) is 20.3 Å². The topological polar surface area (TPSA) is 84.2 Å². The van der Waals surface area contributed by atoms with Crippen molar-refractivity contribution in [1.29, 1.82) is 0 Å². The molecule has 0 radical (unpaired) electrons. The highest BCUT2D eigenvalue weighted by Crippen LogP contribution is 2.13. The van der Waals surface area contributed by atoms with Gasteiger partial charge >= 0.3 is 5.97 Å². The predicted octanol–water partition coefficient (Wildman–Crippen LogP) is 2.11. The number of aryl methyl sites for hydroxylation is 2. The second-order valence-corrected chi connectivity index (χ2v) is 5.58. The molecule has 0 bridgehead atoms. The van der Waals surface area contributed by atoms with Gasteiger partial charge in [-0.2, -0.15) is 5.10 Å². The Morgan fingerprint density at radius 1 is 1.25 bits per heavy atom. The van der Waals surface area contributed by atoms with Crippen LogP contribution in [0.4, 0.5) is 0 Å².